The van der Waals surface area contributed by atoms with E-state index in [0.717, 1.165) is 32.0 Å². The number of nitrogens with zero attached hydrogens (tertiary/aromatic N) is 1. The van der Waals surface area contributed by atoms with Gasteiger partial charge in [0.15, 0.2) is 0 Å². The number of imide groups is 1. The van der Waals surface area contributed by atoms with Gasteiger partial charge in [0.05, 0.1) is 12.0 Å². The van der Waals surface area contributed by atoms with E-state index in [1.54, 1.807) is 6.08 Å². The molecule has 0 spiro atoms. The molecule has 2 aromatic rings. The molecule has 1 atom stereocenters. The van der Waals surface area contributed by atoms with Crippen LogP contribution in [-0.4, -0.2) is 35.2 Å². The van der Waals surface area contributed by atoms with Crippen LogP contribution in [0.25, 0.3) is 6.08 Å². The van der Waals surface area contributed by atoms with Crippen LogP contribution in [0.2, 0.25) is 5.02 Å². The number of benzene rings is 2. The van der Waals surface area contributed by atoms with E-state index in [0.29, 0.717) is 5.02 Å². The van der Waals surface area contributed by atoms with Gasteiger partial charge in [0.1, 0.15) is 6.04 Å². The molecule has 144 valence electrons. The van der Waals surface area contributed by atoms with Crippen molar-refractivity contribution >= 4 is 58.3 Å². The topological polar surface area (TPSA) is 63.7 Å². The number of methoxy groups -OCH3 is 1. The van der Waals surface area contributed by atoms with Crippen molar-refractivity contribution in [1.29, 1.82) is 0 Å². The van der Waals surface area contributed by atoms with Gasteiger partial charge in [-0.25, -0.2) is 4.79 Å². The Kier molecular flexibility index (Phi) is 6.49. The number of hydrogen-bond donors (Lipinski definition) is 0. The third-order valence-corrected chi connectivity index (χ3v) is 6.24. The minimum atomic E-state index is -0.970. The average Bonchev–Trinajstić information content (AvgIpc) is 2.97. The average molecular weight is 434 g/mol. The van der Waals surface area contributed by atoms with Gasteiger partial charge in [-0.1, -0.05) is 41.6 Å². The molecule has 0 saturated carbocycles. The lowest BCUT2D eigenvalue weighted by Gasteiger charge is -2.18. The van der Waals surface area contributed by atoms with Crippen molar-refractivity contribution in [2.24, 2.45) is 0 Å². The van der Waals surface area contributed by atoms with Crippen molar-refractivity contribution in [3.8, 4) is 0 Å². The summed E-state index contributed by atoms with van der Waals surface area (Å²) in [6.45, 7) is 1.47. The number of amides is 2. The fourth-order valence-corrected chi connectivity index (χ4v) is 4.50. The number of carbonyl (C=O) groups is 3. The lowest BCUT2D eigenvalue weighted by molar-refractivity contribution is -0.148. The SMILES string of the molecule is COC(=O)[C@@H](C)N1C(=O)S/C(=C\c2ccccc2Sc2ccc(Cl)cc2)C1=O. The Bertz CT molecular complexity index is 959. The second-order valence-corrected chi connectivity index (χ2v) is 8.39. The Morgan fingerprint density at radius 3 is 2.54 bits per heavy atom. The molecule has 0 bridgehead atoms. The van der Waals surface area contributed by atoms with Gasteiger partial charge < -0.3 is 4.74 Å². The molecular formula is C20H16ClNO4S2. The molecule has 1 aliphatic heterocycles. The van der Waals surface area contributed by atoms with E-state index >= 15 is 0 Å². The van der Waals surface area contributed by atoms with Crippen LogP contribution in [-0.2, 0) is 14.3 Å². The Morgan fingerprint density at radius 1 is 1.18 bits per heavy atom. The van der Waals surface area contributed by atoms with Crippen LogP contribution in [0.3, 0.4) is 0 Å². The van der Waals surface area contributed by atoms with Crippen molar-refractivity contribution in [2.45, 2.75) is 22.8 Å². The molecule has 5 nitrogen and oxygen atoms in total. The Labute approximate surface area is 176 Å². The fourth-order valence-electron chi connectivity index (χ4n) is 2.55. The highest BCUT2D eigenvalue weighted by Crippen LogP contribution is 2.37. The van der Waals surface area contributed by atoms with E-state index in [9.17, 15) is 14.4 Å². The van der Waals surface area contributed by atoms with E-state index in [1.165, 1.54) is 25.8 Å². The van der Waals surface area contributed by atoms with E-state index in [1.807, 2.05) is 48.5 Å². The zero-order chi connectivity index (χ0) is 20.3. The van der Waals surface area contributed by atoms with Gasteiger partial charge in [0.2, 0.25) is 0 Å². The summed E-state index contributed by atoms with van der Waals surface area (Å²) in [5.41, 5.74) is 0.804. The molecule has 3 rings (SSSR count). The van der Waals surface area contributed by atoms with E-state index in [-0.39, 0.29) is 4.91 Å². The molecule has 2 amide bonds. The first-order valence-electron chi connectivity index (χ1n) is 8.28. The number of ether oxygens (including phenoxy) is 1. The van der Waals surface area contributed by atoms with Gasteiger partial charge in [-0.15, -0.1) is 0 Å². The van der Waals surface area contributed by atoms with Crippen molar-refractivity contribution in [3.63, 3.8) is 0 Å². The van der Waals surface area contributed by atoms with Gasteiger partial charge >= 0.3 is 5.97 Å². The van der Waals surface area contributed by atoms with Crippen molar-refractivity contribution in [1.82, 2.24) is 4.90 Å². The molecule has 1 saturated heterocycles. The highest BCUT2D eigenvalue weighted by Gasteiger charge is 2.41. The third kappa shape index (κ3) is 4.43. The molecule has 0 aromatic heterocycles. The number of rotatable bonds is 5. The molecule has 28 heavy (non-hydrogen) atoms. The zero-order valence-corrected chi connectivity index (χ0v) is 17.4. The fraction of sp³-hybridized carbons (Fsp3) is 0.150. The normalized spacial score (nSPS) is 16.5. The van der Waals surface area contributed by atoms with Crippen LogP contribution in [0.15, 0.2) is 63.2 Å². The van der Waals surface area contributed by atoms with Crippen LogP contribution >= 0.6 is 35.1 Å². The second kappa shape index (κ2) is 8.86. The predicted molar refractivity (Wildman–Crippen MR) is 111 cm³/mol. The minimum absolute atomic E-state index is 0.268. The summed E-state index contributed by atoms with van der Waals surface area (Å²) in [4.78, 5) is 39.8. The summed E-state index contributed by atoms with van der Waals surface area (Å²) in [5.74, 6) is -1.14. The van der Waals surface area contributed by atoms with Gasteiger partial charge in [0, 0.05) is 14.8 Å². The summed E-state index contributed by atoms with van der Waals surface area (Å²) in [6, 6.07) is 14.0. The molecule has 0 radical (unpaired) electrons. The second-order valence-electron chi connectivity index (χ2n) is 5.84. The molecule has 1 heterocycles. The lowest BCUT2D eigenvalue weighted by atomic mass is 10.2. The maximum absolute atomic E-state index is 12.7. The number of carbonyl (C=O) groups excluding carboxylic acids is 3. The molecular weight excluding hydrogens is 418 g/mol. The summed E-state index contributed by atoms with van der Waals surface area (Å²) in [5, 5.41) is 0.169. The van der Waals surface area contributed by atoms with Crippen molar-refractivity contribution in [3.05, 3.63) is 64.0 Å². The van der Waals surface area contributed by atoms with Crippen LogP contribution in [0.4, 0.5) is 4.79 Å². The van der Waals surface area contributed by atoms with Crippen molar-refractivity contribution < 1.29 is 19.1 Å². The largest absolute Gasteiger partial charge is 0.467 e. The van der Waals surface area contributed by atoms with Crippen LogP contribution in [0, 0.1) is 0 Å². The third-order valence-electron chi connectivity index (χ3n) is 4.00. The van der Waals surface area contributed by atoms with Gasteiger partial charge in [0.25, 0.3) is 11.1 Å². The standard InChI is InChI=1S/C20H16ClNO4S2/c1-12(19(24)26-2)22-18(23)17(28-20(22)25)11-13-5-3-4-6-16(13)27-15-9-7-14(21)8-10-15/h3-12H,1-2H3/b17-11-/t12-/m1/s1. The van der Waals surface area contributed by atoms with E-state index in [4.69, 9.17) is 11.6 Å². The first kappa shape index (κ1) is 20.5. The van der Waals surface area contributed by atoms with Crippen LogP contribution < -0.4 is 0 Å². The number of halogens is 1. The first-order valence-corrected chi connectivity index (χ1v) is 10.3. The van der Waals surface area contributed by atoms with Crippen molar-refractivity contribution in [2.75, 3.05) is 7.11 Å². The van der Waals surface area contributed by atoms with Crippen LogP contribution in [0.5, 0.6) is 0 Å². The molecule has 0 N–H and O–H groups in total. The van der Waals surface area contributed by atoms with E-state index in [2.05, 4.69) is 4.74 Å². The zero-order valence-electron chi connectivity index (χ0n) is 15.0. The van der Waals surface area contributed by atoms with Gasteiger partial charge in [-0.2, -0.15) is 0 Å². The monoisotopic (exact) mass is 433 g/mol. The summed E-state index contributed by atoms with van der Waals surface area (Å²) in [6.07, 6.45) is 1.67. The maximum atomic E-state index is 12.7. The highest BCUT2D eigenvalue weighted by molar-refractivity contribution is 8.18. The summed E-state index contributed by atoms with van der Waals surface area (Å²) >= 11 is 8.27. The molecule has 1 fully saturated rings. The van der Waals surface area contributed by atoms with Gasteiger partial charge in [-0.05, 0) is 60.7 Å². The molecule has 0 unspecified atom stereocenters. The van der Waals surface area contributed by atoms with E-state index < -0.39 is 23.2 Å². The molecule has 2 aromatic carbocycles. The summed E-state index contributed by atoms with van der Waals surface area (Å²) in [7, 11) is 1.22. The number of hydrogen-bond acceptors (Lipinski definition) is 6. The quantitative estimate of drug-likeness (QED) is 0.483. The smallest absolute Gasteiger partial charge is 0.328 e. The predicted octanol–water partition coefficient (Wildman–Crippen LogP) is 5.09. The summed E-state index contributed by atoms with van der Waals surface area (Å²) < 4.78 is 4.64. The highest BCUT2D eigenvalue weighted by atomic mass is 35.5. The Hall–Kier alpha value is -2.22. The molecule has 0 aliphatic carbocycles. The van der Waals surface area contributed by atoms with Crippen LogP contribution in [0.1, 0.15) is 12.5 Å². The molecule has 1 aliphatic rings. The molecule has 8 heteroatoms. The number of esters is 1. The van der Waals surface area contributed by atoms with Gasteiger partial charge in [-0.3, -0.25) is 14.5 Å². The minimum Gasteiger partial charge on any atom is -0.467 e. The maximum Gasteiger partial charge on any atom is 0.328 e. The number of thioether (sulfide) groups is 1. The lowest BCUT2D eigenvalue weighted by Crippen LogP contribution is -2.42. The first-order chi connectivity index (χ1) is 13.4. The Balaban J connectivity index is 1.88. The Morgan fingerprint density at radius 2 is 1.86 bits per heavy atom.